The summed E-state index contributed by atoms with van der Waals surface area (Å²) in [6.07, 6.45) is 0. The van der Waals surface area contributed by atoms with Gasteiger partial charge in [0, 0.05) is 39.9 Å². The molecule has 82 valence electrons. The first-order valence-corrected chi connectivity index (χ1v) is 11.9. The van der Waals surface area contributed by atoms with Crippen LogP contribution in [-0.4, -0.2) is 22.1 Å². The number of aliphatic carboxylic acids is 1. The Morgan fingerprint density at radius 1 is 1.14 bits per heavy atom. The number of hydrogen-bond acceptors (Lipinski definition) is 2. The van der Waals surface area contributed by atoms with Gasteiger partial charge in [-0.25, -0.2) is 0 Å². The monoisotopic (exact) mass is 263 g/mol. The number of hydrogen-bond donors (Lipinski definition) is 0. The summed E-state index contributed by atoms with van der Waals surface area (Å²) in [4.78, 5) is 9.94. The Labute approximate surface area is 109 Å². The number of carbonyl (C=O) groups excluding carboxylic acids is 1. The maximum absolute atomic E-state index is 9.94. The molecule has 0 unspecified atom stereocenters. The molecule has 2 nitrogen and oxygen atoms in total. The van der Waals surface area contributed by atoms with Crippen LogP contribution >= 0.6 is 0 Å². The molecule has 5 heteroatoms. The minimum absolute atomic E-state index is 0. The van der Waals surface area contributed by atoms with Crippen LogP contribution in [-0.2, 0) is 30.6 Å². The zero-order valence-electron chi connectivity index (χ0n) is 10.3. The Bertz CT molecular complexity index is 153. The summed E-state index contributed by atoms with van der Waals surface area (Å²) in [5.41, 5.74) is 0. The third-order valence-electron chi connectivity index (χ3n) is 0.675. The molecule has 0 aromatic rings. The van der Waals surface area contributed by atoms with Gasteiger partial charge in [-0.15, -0.1) is 0 Å². The van der Waals surface area contributed by atoms with E-state index >= 15 is 0 Å². The van der Waals surface area contributed by atoms with Crippen molar-refractivity contribution in [2.24, 2.45) is 0 Å². The predicted molar refractivity (Wildman–Crippen MR) is 61.9 cm³/mol. The molecule has 0 aliphatic rings. The van der Waals surface area contributed by atoms with Crippen LogP contribution < -0.4 is 5.11 Å². The smallest absolute Gasteiger partial charge is 0.0502 e. The molecule has 0 atom stereocenters. The molecule has 0 aromatic heterocycles. The van der Waals surface area contributed by atoms with E-state index in [9.17, 15) is 9.90 Å². The molecular formula is C9H22O2ScSi2-. The average Bonchev–Trinajstić information content (AvgIpc) is 1.47. The van der Waals surface area contributed by atoms with Crippen molar-refractivity contribution in [2.45, 2.75) is 45.3 Å². The minimum atomic E-state index is -1.38. The van der Waals surface area contributed by atoms with Crippen LogP contribution in [0.5, 0.6) is 0 Å². The minimum Gasteiger partial charge on any atom is -0.550 e. The SMILES string of the molecule is C[Si](C)(C)CC(=O)[O-].[CH2][Si](C)(C)C.[Sc]. The van der Waals surface area contributed by atoms with E-state index in [0.717, 1.165) is 0 Å². The van der Waals surface area contributed by atoms with E-state index in [-0.39, 0.29) is 31.9 Å². The molecule has 0 bridgehead atoms. The van der Waals surface area contributed by atoms with E-state index < -0.39 is 22.1 Å². The first-order valence-electron chi connectivity index (χ1n) is 4.47. The third-order valence-corrected chi connectivity index (χ3v) is 2.02. The molecule has 2 radical (unpaired) electrons. The van der Waals surface area contributed by atoms with Crippen LogP contribution in [0, 0.1) is 6.55 Å². The van der Waals surface area contributed by atoms with Gasteiger partial charge in [-0.05, 0) is 6.04 Å². The fourth-order valence-corrected chi connectivity index (χ4v) is 1.30. The van der Waals surface area contributed by atoms with Gasteiger partial charge in [0.15, 0.2) is 0 Å². The maximum Gasteiger partial charge on any atom is 0.0502 e. The van der Waals surface area contributed by atoms with Gasteiger partial charge in [-0.3, -0.25) is 0 Å². The number of rotatable bonds is 2. The van der Waals surface area contributed by atoms with Gasteiger partial charge in [0.1, 0.15) is 0 Å². The second kappa shape index (κ2) is 7.99. The largest absolute Gasteiger partial charge is 0.550 e. The van der Waals surface area contributed by atoms with E-state index in [1.54, 1.807) is 0 Å². The van der Waals surface area contributed by atoms with Gasteiger partial charge < -0.3 is 9.90 Å². The van der Waals surface area contributed by atoms with Crippen LogP contribution in [0.3, 0.4) is 0 Å². The topological polar surface area (TPSA) is 40.1 Å². The summed E-state index contributed by atoms with van der Waals surface area (Å²) in [6, 6.07) is 0.271. The summed E-state index contributed by atoms with van der Waals surface area (Å²) < 4.78 is 0. The van der Waals surface area contributed by atoms with E-state index in [0.29, 0.717) is 0 Å². The zero-order valence-corrected chi connectivity index (χ0v) is 14.1. The third kappa shape index (κ3) is 53.1. The molecule has 0 fully saturated rings. The Morgan fingerprint density at radius 2 is 1.36 bits per heavy atom. The van der Waals surface area contributed by atoms with Gasteiger partial charge in [-0.2, -0.15) is 0 Å². The van der Waals surface area contributed by atoms with Crippen LogP contribution in [0.1, 0.15) is 0 Å². The summed E-state index contributed by atoms with van der Waals surface area (Å²) in [5.74, 6) is -0.913. The molecule has 0 saturated carbocycles. The summed E-state index contributed by atoms with van der Waals surface area (Å²) in [5, 5.41) is 9.94. The van der Waals surface area contributed by atoms with Crippen LogP contribution in [0.25, 0.3) is 0 Å². The molecule has 0 heterocycles. The molecule has 0 saturated heterocycles. The van der Waals surface area contributed by atoms with Crippen molar-refractivity contribution >= 4 is 22.1 Å². The van der Waals surface area contributed by atoms with Crippen molar-refractivity contribution in [1.29, 1.82) is 0 Å². The number of carbonyl (C=O) groups is 1. The van der Waals surface area contributed by atoms with Gasteiger partial charge >= 0.3 is 0 Å². The van der Waals surface area contributed by atoms with Crippen molar-refractivity contribution < 1.29 is 35.7 Å². The molecule has 0 N–H and O–H groups in total. The molecule has 0 spiro atoms. The van der Waals surface area contributed by atoms with Gasteiger partial charge in [0.25, 0.3) is 0 Å². The van der Waals surface area contributed by atoms with Gasteiger partial charge in [0.2, 0.25) is 0 Å². The quantitative estimate of drug-likeness (QED) is 0.712. The number of carboxylic acids is 1. The van der Waals surface area contributed by atoms with Gasteiger partial charge in [-0.1, -0.05) is 45.8 Å². The van der Waals surface area contributed by atoms with Crippen molar-refractivity contribution in [3.8, 4) is 0 Å². The first kappa shape index (κ1) is 20.2. The van der Waals surface area contributed by atoms with Crippen LogP contribution in [0.4, 0.5) is 0 Å². The Hall–Kier alpha value is 0.774. The van der Waals surface area contributed by atoms with E-state index in [1.807, 2.05) is 19.6 Å². The number of carboxylic acid groups (broad SMARTS) is 1. The van der Waals surface area contributed by atoms with E-state index in [2.05, 4.69) is 26.2 Å². The molecule has 14 heavy (non-hydrogen) atoms. The molecule has 0 rings (SSSR count). The van der Waals surface area contributed by atoms with E-state index in [1.165, 1.54) is 0 Å². The molecule has 0 aliphatic carbocycles. The van der Waals surface area contributed by atoms with Gasteiger partial charge in [0.05, 0.1) is 8.07 Å². The summed E-state index contributed by atoms with van der Waals surface area (Å²) in [7, 11) is -2.24. The van der Waals surface area contributed by atoms with Crippen molar-refractivity contribution in [2.75, 3.05) is 0 Å². The molecule has 0 amide bonds. The van der Waals surface area contributed by atoms with Crippen molar-refractivity contribution in [3.63, 3.8) is 0 Å². The first-order chi connectivity index (χ1) is 5.42. The molecular weight excluding hydrogens is 241 g/mol. The predicted octanol–water partition coefficient (Wildman–Crippen LogP) is 1.77. The van der Waals surface area contributed by atoms with E-state index in [4.69, 9.17) is 0 Å². The standard InChI is InChI=1S/C5H12O2Si.C4H11Si.Sc/c1-8(2,3)4-5(6)7;1-5(2,3)4;/h4H2,1-3H3,(H,6,7);1H2,2-4H3;/p-1. The Balaban J connectivity index is -0.000000177. The fourth-order valence-electron chi connectivity index (χ4n) is 0.433. The normalized spacial score (nSPS) is 10.8. The Kier molecular flexibility index (Phi) is 11.5. The maximum atomic E-state index is 9.94. The van der Waals surface area contributed by atoms with Crippen molar-refractivity contribution in [1.82, 2.24) is 0 Å². The summed E-state index contributed by atoms with van der Waals surface area (Å²) in [6.45, 7) is 16.6. The second-order valence-corrected chi connectivity index (χ2v) is 16.3. The Morgan fingerprint density at radius 3 is 1.36 bits per heavy atom. The molecule has 0 aromatic carbocycles. The fraction of sp³-hybridized carbons (Fsp3) is 0.778. The molecule has 0 aliphatic heterocycles. The average molecular weight is 263 g/mol. The second-order valence-electron chi connectivity index (χ2n) is 5.67. The summed E-state index contributed by atoms with van der Waals surface area (Å²) >= 11 is 0. The van der Waals surface area contributed by atoms with Crippen molar-refractivity contribution in [3.05, 3.63) is 6.55 Å². The van der Waals surface area contributed by atoms with Crippen LogP contribution in [0.2, 0.25) is 45.3 Å². The van der Waals surface area contributed by atoms with Crippen LogP contribution in [0.15, 0.2) is 0 Å². The zero-order chi connectivity index (χ0) is 11.3.